The minimum absolute atomic E-state index is 0.0971. The maximum atomic E-state index is 12.3. The summed E-state index contributed by atoms with van der Waals surface area (Å²) >= 11 is 3.03. The summed E-state index contributed by atoms with van der Waals surface area (Å²) in [5.41, 5.74) is 0.881. The van der Waals surface area contributed by atoms with Crippen LogP contribution in [0.5, 0.6) is 0 Å². The van der Waals surface area contributed by atoms with Gasteiger partial charge >= 0.3 is 0 Å². The third-order valence-electron chi connectivity index (χ3n) is 4.64. The quantitative estimate of drug-likeness (QED) is 0.592. The molecule has 3 aromatic heterocycles. The Labute approximate surface area is 157 Å². The number of aromatic amines is 1. The molecule has 2 atom stereocenters. The zero-order valence-electron chi connectivity index (χ0n) is 14.1. The van der Waals surface area contributed by atoms with Crippen LogP contribution < -0.4 is 14.8 Å². The van der Waals surface area contributed by atoms with Gasteiger partial charge in [-0.25, -0.2) is 4.98 Å². The molecule has 1 N–H and O–H groups in total. The number of furan rings is 1. The predicted molar refractivity (Wildman–Crippen MR) is 106 cm³/mol. The van der Waals surface area contributed by atoms with Crippen molar-refractivity contribution in [3.63, 3.8) is 0 Å². The van der Waals surface area contributed by atoms with E-state index >= 15 is 0 Å². The highest BCUT2D eigenvalue weighted by molar-refractivity contribution is 7.19. The number of hydrogen-bond donors (Lipinski definition) is 1. The first-order chi connectivity index (χ1) is 12.7. The molecular weight excluding hydrogens is 364 g/mol. The second-order valence-electron chi connectivity index (χ2n) is 6.65. The molecule has 0 radical (unpaired) electrons. The molecule has 4 nitrogen and oxygen atoms in total. The molecule has 1 aliphatic carbocycles. The summed E-state index contributed by atoms with van der Waals surface area (Å²) in [6.45, 7) is 2.23. The summed E-state index contributed by atoms with van der Waals surface area (Å²) in [6.07, 6.45) is 4.93. The van der Waals surface area contributed by atoms with Gasteiger partial charge in [0.05, 0.1) is 19.4 Å². The topological polar surface area (TPSA) is 58.9 Å². The van der Waals surface area contributed by atoms with E-state index in [1.165, 1.54) is 17.8 Å². The lowest BCUT2D eigenvalue weighted by Gasteiger charge is -1.89. The van der Waals surface area contributed by atoms with Gasteiger partial charge in [0.2, 0.25) is 0 Å². The van der Waals surface area contributed by atoms with Gasteiger partial charge in [-0.05, 0) is 36.6 Å². The summed E-state index contributed by atoms with van der Waals surface area (Å²) < 4.78 is 8.46. The van der Waals surface area contributed by atoms with E-state index in [1.54, 1.807) is 11.3 Å². The van der Waals surface area contributed by atoms with Gasteiger partial charge in [0, 0.05) is 18.1 Å². The monoisotopic (exact) mass is 380 g/mol. The smallest absolute Gasteiger partial charge is 0.266 e. The molecule has 6 heteroatoms. The van der Waals surface area contributed by atoms with Crippen LogP contribution in [0.3, 0.4) is 0 Å². The molecule has 0 spiro atoms. The minimum Gasteiger partial charge on any atom is -0.461 e. The van der Waals surface area contributed by atoms with Crippen LogP contribution in [0.25, 0.3) is 22.4 Å². The molecule has 1 aromatic carbocycles. The molecule has 26 heavy (non-hydrogen) atoms. The molecule has 0 saturated heterocycles. The Morgan fingerprint density at radius 3 is 2.85 bits per heavy atom. The molecule has 0 bridgehead atoms. The number of thiazole rings is 2. The Morgan fingerprint density at radius 2 is 2.04 bits per heavy atom. The Bertz CT molecular complexity index is 1240. The van der Waals surface area contributed by atoms with Crippen molar-refractivity contribution < 1.29 is 4.42 Å². The molecule has 1 aliphatic rings. The molecule has 130 valence electrons. The van der Waals surface area contributed by atoms with E-state index in [0.29, 0.717) is 16.4 Å². The van der Waals surface area contributed by atoms with Crippen LogP contribution >= 0.6 is 22.7 Å². The molecule has 5 rings (SSSR count). The van der Waals surface area contributed by atoms with Crippen LogP contribution in [0.1, 0.15) is 35.8 Å². The van der Waals surface area contributed by atoms with Gasteiger partial charge in [-0.1, -0.05) is 19.1 Å². The fourth-order valence-electron chi connectivity index (χ4n) is 3.08. The van der Waals surface area contributed by atoms with Crippen molar-refractivity contribution >= 4 is 45.0 Å². The Hall–Kier alpha value is -2.44. The largest absolute Gasteiger partial charge is 0.461 e. The summed E-state index contributed by atoms with van der Waals surface area (Å²) in [5.74, 6) is 3.01. The molecule has 1 fully saturated rings. The van der Waals surface area contributed by atoms with Crippen molar-refractivity contribution in [2.45, 2.75) is 19.3 Å². The lowest BCUT2D eigenvalue weighted by Crippen LogP contribution is -2.19. The van der Waals surface area contributed by atoms with Crippen LogP contribution in [-0.2, 0) is 0 Å². The third-order valence-corrected chi connectivity index (χ3v) is 6.59. The first-order valence-electron chi connectivity index (χ1n) is 8.53. The number of nitrogens with zero attached hydrogens (tertiary/aromatic N) is 1. The molecule has 1 saturated carbocycles. The summed E-state index contributed by atoms with van der Waals surface area (Å²) in [6, 6.07) is 12.0. The van der Waals surface area contributed by atoms with Crippen LogP contribution in [0.2, 0.25) is 0 Å². The Morgan fingerprint density at radius 1 is 1.19 bits per heavy atom. The average Bonchev–Trinajstić information content (AvgIpc) is 2.99. The zero-order valence-corrected chi connectivity index (χ0v) is 15.7. The highest BCUT2D eigenvalue weighted by Gasteiger charge is 2.36. The van der Waals surface area contributed by atoms with E-state index in [-0.39, 0.29) is 5.56 Å². The number of rotatable bonds is 3. The fraction of sp³-hybridized carbons (Fsp3) is 0.200. The zero-order chi connectivity index (χ0) is 17.7. The van der Waals surface area contributed by atoms with Crippen molar-refractivity contribution in [2.75, 3.05) is 0 Å². The molecular formula is C20H16N2O2S2. The first kappa shape index (κ1) is 15.8. The van der Waals surface area contributed by atoms with Crippen LogP contribution in [-0.4, -0.2) is 9.97 Å². The van der Waals surface area contributed by atoms with Crippen LogP contribution in [0.4, 0.5) is 0 Å². The standard InChI is InChI=1S/C20H16N2O2S2/c1-11-8-13(11)15-7-6-12(24-15)9-17-20(23)22-19(26-17)10-18-21-14-4-2-3-5-16(14)25-18/h2-7,9-11,13H,8H2,1H3,(H,22,23)/b17-9-,19-10-/t11-,13+/m0/s1. The number of fused-ring (bicyclic) bond motifs is 1. The summed E-state index contributed by atoms with van der Waals surface area (Å²) in [7, 11) is 0. The third kappa shape index (κ3) is 2.95. The highest BCUT2D eigenvalue weighted by Crippen LogP contribution is 2.47. The fourth-order valence-corrected chi connectivity index (χ4v) is 4.94. The molecule has 0 unspecified atom stereocenters. The second kappa shape index (κ2) is 6.07. The highest BCUT2D eigenvalue weighted by atomic mass is 32.1. The maximum absolute atomic E-state index is 12.3. The number of para-hydroxylation sites is 1. The second-order valence-corrected chi connectivity index (χ2v) is 8.80. The van der Waals surface area contributed by atoms with E-state index in [1.807, 2.05) is 42.5 Å². The summed E-state index contributed by atoms with van der Waals surface area (Å²) in [4.78, 5) is 19.8. The SMILES string of the molecule is C[C@H]1C[C@H]1c1ccc(/C=c2\s/c(=C\c3nc4ccccc4s3)[nH]c2=O)o1. The summed E-state index contributed by atoms with van der Waals surface area (Å²) in [5, 5.41) is 0.887. The van der Waals surface area contributed by atoms with Gasteiger partial charge in [-0.3, -0.25) is 4.79 Å². The number of nitrogens with one attached hydrogen (secondary N) is 1. The minimum atomic E-state index is -0.0971. The lowest BCUT2D eigenvalue weighted by molar-refractivity contribution is 0.497. The Balaban J connectivity index is 1.51. The van der Waals surface area contributed by atoms with E-state index in [2.05, 4.69) is 23.0 Å². The van der Waals surface area contributed by atoms with Crippen molar-refractivity contribution in [3.8, 4) is 0 Å². The van der Waals surface area contributed by atoms with Crippen LogP contribution in [0, 0.1) is 5.92 Å². The van der Waals surface area contributed by atoms with E-state index in [0.717, 1.165) is 31.4 Å². The maximum Gasteiger partial charge on any atom is 0.266 e. The molecule has 0 amide bonds. The van der Waals surface area contributed by atoms with Gasteiger partial charge in [0.25, 0.3) is 5.56 Å². The van der Waals surface area contributed by atoms with Crippen molar-refractivity contribution in [1.82, 2.24) is 9.97 Å². The lowest BCUT2D eigenvalue weighted by atomic mass is 10.3. The van der Waals surface area contributed by atoms with Gasteiger partial charge in [0.15, 0.2) is 0 Å². The number of benzene rings is 1. The van der Waals surface area contributed by atoms with Gasteiger partial charge in [-0.15, -0.1) is 22.7 Å². The van der Waals surface area contributed by atoms with Crippen molar-refractivity contribution in [1.29, 1.82) is 0 Å². The van der Waals surface area contributed by atoms with E-state index in [9.17, 15) is 4.79 Å². The van der Waals surface area contributed by atoms with E-state index in [4.69, 9.17) is 4.42 Å². The Kier molecular flexibility index (Phi) is 3.69. The molecule has 0 aliphatic heterocycles. The van der Waals surface area contributed by atoms with Gasteiger partial charge < -0.3 is 9.40 Å². The first-order valence-corrected chi connectivity index (χ1v) is 10.2. The predicted octanol–water partition coefficient (Wildman–Crippen LogP) is 3.42. The molecule has 3 heterocycles. The number of hydrogen-bond acceptors (Lipinski definition) is 5. The van der Waals surface area contributed by atoms with Crippen molar-refractivity contribution in [2.24, 2.45) is 5.92 Å². The average molecular weight is 380 g/mol. The number of H-pyrrole nitrogens is 1. The van der Waals surface area contributed by atoms with Gasteiger partial charge in [-0.2, -0.15) is 0 Å². The van der Waals surface area contributed by atoms with Gasteiger partial charge in [0.1, 0.15) is 16.5 Å². The normalized spacial score (nSPS) is 21.0. The van der Waals surface area contributed by atoms with Crippen molar-refractivity contribution in [3.05, 3.63) is 72.5 Å². The van der Waals surface area contributed by atoms with Crippen LogP contribution in [0.15, 0.2) is 45.6 Å². The number of aromatic nitrogens is 2. The van der Waals surface area contributed by atoms with E-state index < -0.39 is 0 Å². The molecule has 4 aromatic rings.